The summed E-state index contributed by atoms with van der Waals surface area (Å²) < 4.78 is 30.6. The van der Waals surface area contributed by atoms with Crippen molar-refractivity contribution < 1.29 is 18.3 Å². The Balaban J connectivity index is 2.30. The lowest BCUT2D eigenvalue weighted by Crippen LogP contribution is -2.35. The third-order valence-corrected chi connectivity index (χ3v) is 3.46. The summed E-state index contributed by atoms with van der Waals surface area (Å²) in [4.78, 5) is 13.0. The van der Waals surface area contributed by atoms with Crippen molar-refractivity contribution in [1.29, 1.82) is 0 Å². The molecule has 0 atom stereocenters. The van der Waals surface area contributed by atoms with E-state index in [4.69, 9.17) is 22.8 Å². The maximum atomic E-state index is 12.7. The highest BCUT2D eigenvalue weighted by Crippen LogP contribution is 2.33. The number of ether oxygens (including phenoxy) is 1. The molecule has 1 aromatic rings. The summed E-state index contributed by atoms with van der Waals surface area (Å²) in [6, 6.07) is 4.82. The van der Waals surface area contributed by atoms with Crippen molar-refractivity contribution in [3.8, 4) is 18.1 Å². The monoisotopic (exact) mass is 325 g/mol. The maximum Gasteiger partial charge on any atom is 0.256 e. The van der Waals surface area contributed by atoms with Gasteiger partial charge >= 0.3 is 0 Å². The molecule has 0 saturated carbocycles. The summed E-state index contributed by atoms with van der Waals surface area (Å²) in [6.07, 6.45) is 4.96. The van der Waals surface area contributed by atoms with Crippen molar-refractivity contribution in [3.63, 3.8) is 0 Å². The molecule has 0 aliphatic carbocycles. The third kappa shape index (κ3) is 3.77. The largest absolute Gasteiger partial charge is 0.481 e. The lowest BCUT2D eigenvalue weighted by molar-refractivity contribution is -0.129. The van der Waals surface area contributed by atoms with Crippen LogP contribution in [0.15, 0.2) is 24.3 Å². The molecule has 0 fully saturated rings. The number of amides is 1. The number of hydrogen-bond acceptors (Lipinski definition) is 2. The van der Waals surface area contributed by atoms with E-state index in [1.54, 1.807) is 24.3 Å². The van der Waals surface area contributed by atoms with Gasteiger partial charge in [0.05, 0.1) is 11.6 Å². The molecule has 1 aliphatic heterocycles. The highest BCUT2D eigenvalue weighted by molar-refractivity contribution is 6.32. The first kappa shape index (κ1) is 16.3. The van der Waals surface area contributed by atoms with Gasteiger partial charge in [0, 0.05) is 17.7 Å². The van der Waals surface area contributed by atoms with Crippen LogP contribution in [0.1, 0.15) is 18.4 Å². The van der Waals surface area contributed by atoms with Crippen LogP contribution in [0.5, 0.6) is 5.75 Å². The van der Waals surface area contributed by atoms with Crippen LogP contribution in [-0.2, 0) is 4.79 Å². The Bertz CT molecular complexity index is 638. The molecule has 0 saturated heterocycles. The lowest BCUT2D eigenvalue weighted by Gasteiger charge is -2.29. The first-order valence-electron chi connectivity index (χ1n) is 6.67. The Morgan fingerprint density at radius 1 is 1.45 bits per heavy atom. The summed E-state index contributed by atoms with van der Waals surface area (Å²) in [6.45, 7) is -0.537. The number of terminal acetylenes is 1. The van der Waals surface area contributed by atoms with Gasteiger partial charge in [0.1, 0.15) is 12.4 Å². The van der Waals surface area contributed by atoms with Crippen LogP contribution in [0.3, 0.4) is 0 Å². The van der Waals surface area contributed by atoms with Crippen molar-refractivity contribution in [1.82, 2.24) is 4.90 Å². The summed E-state index contributed by atoms with van der Waals surface area (Å²) >= 11 is 6.19. The zero-order valence-corrected chi connectivity index (χ0v) is 12.4. The minimum atomic E-state index is -2.61. The summed E-state index contributed by atoms with van der Waals surface area (Å²) in [7, 11) is 0. The molecule has 0 spiro atoms. The van der Waals surface area contributed by atoms with E-state index in [-0.39, 0.29) is 18.9 Å². The third-order valence-electron chi connectivity index (χ3n) is 3.15. The summed E-state index contributed by atoms with van der Waals surface area (Å²) in [5, 5.41) is 0.315. The zero-order valence-electron chi connectivity index (χ0n) is 11.7. The smallest absolute Gasteiger partial charge is 0.256 e. The summed E-state index contributed by atoms with van der Waals surface area (Å²) in [5.74, 6) is 2.48. The van der Waals surface area contributed by atoms with E-state index >= 15 is 0 Å². The van der Waals surface area contributed by atoms with Gasteiger partial charge in [0.2, 0.25) is 5.91 Å². The van der Waals surface area contributed by atoms with Crippen molar-refractivity contribution in [2.24, 2.45) is 0 Å². The molecular formula is C16H14ClF2NO2. The van der Waals surface area contributed by atoms with Crippen LogP contribution in [-0.4, -0.2) is 30.4 Å². The highest BCUT2D eigenvalue weighted by Gasteiger charge is 2.26. The van der Waals surface area contributed by atoms with Gasteiger partial charge in [0.25, 0.3) is 6.43 Å². The summed E-state index contributed by atoms with van der Waals surface area (Å²) in [5.41, 5.74) is 0.925. The van der Waals surface area contributed by atoms with Crippen LogP contribution in [0, 0.1) is 12.3 Å². The molecule has 6 heteroatoms. The van der Waals surface area contributed by atoms with Gasteiger partial charge < -0.3 is 9.64 Å². The molecule has 1 amide bonds. The minimum absolute atomic E-state index is 0.106. The first-order chi connectivity index (χ1) is 10.5. The van der Waals surface area contributed by atoms with Gasteiger partial charge in [-0.15, -0.1) is 6.42 Å². The number of allylic oxidation sites excluding steroid dienone is 1. The van der Waals surface area contributed by atoms with E-state index in [2.05, 4.69) is 5.92 Å². The second-order valence-corrected chi connectivity index (χ2v) is 5.07. The molecular weight excluding hydrogens is 312 g/mol. The normalized spacial score (nSPS) is 14.8. The molecule has 0 aromatic heterocycles. The van der Waals surface area contributed by atoms with E-state index in [1.165, 1.54) is 0 Å². The molecule has 2 rings (SSSR count). The first-order valence-corrected chi connectivity index (χ1v) is 7.05. The number of carbonyl (C=O) groups is 1. The number of alkyl halides is 2. The Hall–Kier alpha value is -2.06. The Morgan fingerprint density at radius 3 is 2.86 bits per heavy atom. The minimum Gasteiger partial charge on any atom is -0.481 e. The van der Waals surface area contributed by atoms with E-state index in [1.807, 2.05) is 0 Å². The molecule has 116 valence electrons. The molecule has 22 heavy (non-hydrogen) atoms. The number of hydrogen-bond donors (Lipinski definition) is 0. The quantitative estimate of drug-likeness (QED) is 0.774. The van der Waals surface area contributed by atoms with Crippen LogP contribution >= 0.6 is 11.6 Å². The number of rotatable bonds is 5. The van der Waals surface area contributed by atoms with Gasteiger partial charge in [-0.05, 0) is 24.6 Å². The van der Waals surface area contributed by atoms with Gasteiger partial charge in [-0.3, -0.25) is 4.79 Å². The lowest BCUT2D eigenvalue weighted by atomic mass is 10.0. The Labute approximate surface area is 132 Å². The fourth-order valence-corrected chi connectivity index (χ4v) is 2.49. The average molecular weight is 326 g/mol. The fourth-order valence-electron chi connectivity index (χ4n) is 2.22. The molecule has 3 nitrogen and oxygen atoms in total. The van der Waals surface area contributed by atoms with Crippen LogP contribution < -0.4 is 4.74 Å². The van der Waals surface area contributed by atoms with Gasteiger partial charge in [-0.1, -0.05) is 23.6 Å². The fraction of sp³-hybridized carbons (Fsp3) is 0.312. The molecule has 0 unspecified atom stereocenters. The van der Waals surface area contributed by atoms with Gasteiger partial charge in [0.15, 0.2) is 0 Å². The maximum absolute atomic E-state index is 12.7. The molecule has 0 N–H and O–H groups in total. The van der Waals surface area contributed by atoms with Gasteiger partial charge in [-0.2, -0.15) is 0 Å². The molecule has 1 aromatic carbocycles. The van der Waals surface area contributed by atoms with Crippen LogP contribution in [0.25, 0.3) is 5.70 Å². The van der Waals surface area contributed by atoms with E-state index in [9.17, 15) is 13.6 Å². The second-order valence-electron chi connectivity index (χ2n) is 4.66. The second kappa shape index (κ2) is 7.28. The molecule has 1 aliphatic rings. The van der Waals surface area contributed by atoms with Crippen LogP contribution in [0.2, 0.25) is 5.02 Å². The topological polar surface area (TPSA) is 29.5 Å². The Kier molecular flexibility index (Phi) is 5.40. The predicted molar refractivity (Wildman–Crippen MR) is 80.7 cm³/mol. The van der Waals surface area contributed by atoms with Crippen molar-refractivity contribution >= 4 is 23.2 Å². The van der Waals surface area contributed by atoms with Crippen molar-refractivity contribution in [2.45, 2.75) is 19.3 Å². The van der Waals surface area contributed by atoms with Gasteiger partial charge in [-0.25, -0.2) is 8.78 Å². The standard InChI is InChI=1S/C16H14ClF2NO2/c1-2-8-22-11-6-7-12(13(17)9-11)14-4-3-5-16(21)20(14)10-15(18)19/h1,4,6-7,9,15H,3,5,8,10H2. The number of carbonyl (C=O) groups excluding carboxylic acids is 1. The average Bonchev–Trinajstić information content (AvgIpc) is 2.47. The zero-order chi connectivity index (χ0) is 16.1. The molecule has 1 heterocycles. The van der Waals surface area contributed by atoms with Crippen molar-refractivity contribution in [2.75, 3.05) is 13.2 Å². The van der Waals surface area contributed by atoms with Crippen molar-refractivity contribution in [3.05, 3.63) is 34.9 Å². The highest BCUT2D eigenvalue weighted by atomic mass is 35.5. The predicted octanol–water partition coefficient (Wildman–Crippen LogP) is 3.58. The van der Waals surface area contributed by atoms with Crippen LogP contribution in [0.4, 0.5) is 8.78 Å². The molecule has 0 bridgehead atoms. The number of nitrogens with zero attached hydrogens (tertiary/aromatic N) is 1. The SMILES string of the molecule is C#CCOc1ccc(C2=CCCC(=O)N2CC(F)F)c(Cl)c1. The number of benzene rings is 1. The Morgan fingerprint density at radius 2 is 2.23 bits per heavy atom. The van der Waals surface area contributed by atoms with E-state index in [0.29, 0.717) is 28.5 Å². The van der Waals surface area contributed by atoms with E-state index < -0.39 is 13.0 Å². The number of halogens is 3. The molecule has 0 radical (unpaired) electrons. The van der Waals surface area contributed by atoms with E-state index in [0.717, 1.165) is 4.90 Å².